The van der Waals surface area contributed by atoms with Crippen LogP contribution in [0.3, 0.4) is 0 Å². The molecule has 2 saturated heterocycles. The second-order valence-corrected chi connectivity index (χ2v) is 9.99. The van der Waals surface area contributed by atoms with Crippen LogP contribution in [0.25, 0.3) is 0 Å². The molecule has 1 unspecified atom stereocenters. The summed E-state index contributed by atoms with van der Waals surface area (Å²) in [6.07, 6.45) is 1.33. The highest BCUT2D eigenvalue weighted by molar-refractivity contribution is 7.89. The highest BCUT2D eigenvalue weighted by atomic mass is 32.2. The molecule has 164 valence electrons. The average Bonchev–Trinajstić information content (AvgIpc) is 3.16. The molecule has 1 atom stereocenters. The van der Waals surface area contributed by atoms with Crippen molar-refractivity contribution in [3.8, 4) is 0 Å². The van der Waals surface area contributed by atoms with Crippen LogP contribution in [0.4, 0.5) is 5.69 Å². The van der Waals surface area contributed by atoms with Gasteiger partial charge in [-0.15, -0.1) is 0 Å². The average molecular weight is 442 g/mol. The Morgan fingerprint density at radius 3 is 2.29 bits per heavy atom. The fraction of sp³-hybridized carbons (Fsp3) is 0.391. The summed E-state index contributed by atoms with van der Waals surface area (Å²) in [5.74, 6) is -0.412. The van der Waals surface area contributed by atoms with E-state index in [-0.39, 0.29) is 35.1 Å². The normalized spacial score (nSPS) is 20.3. The van der Waals surface area contributed by atoms with E-state index in [0.717, 1.165) is 11.3 Å². The van der Waals surface area contributed by atoms with Gasteiger partial charge in [-0.3, -0.25) is 9.59 Å². The van der Waals surface area contributed by atoms with Crippen LogP contribution < -0.4 is 9.62 Å². The lowest BCUT2D eigenvalue weighted by Crippen LogP contribution is -2.48. The number of hydrogen-bond donors (Lipinski definition) is 1. The van der Waals surface area contributed by atoms with E-state index in [1.165, 1.54) is 0 Å². The number of nitrogens with one attached hydrogen (secondary N) is 1. The van der Waals surface area contributed by atoms with Crippen molar-refractivity contribution < 1.29 is 18.0 Å². The highest BCUT2D eigenvalue weighted by Crippen LogP contribution is 2.27. The van der Waals surface area contributed by atoms with Gasteiger partial charge in [-0.25, -0.2) is 13.1 Å². The minimum atomic E-state index is -3.58. The van der Waals surface area contributed by atoms with Crippen molar-refractivity contribution in [3.05, 3.63) is 60.2 Å². The van der Waals surface area contributed by atoms with E-state index < -0.39 is 10.0 Å². The Morgan fingerprint density at radius 1 is 1.00 bits per heavy atom. The zero-order chi connectivity index (χ0) is 22.0. The monoisotopic (exact) mass is 441 g/mol. The summed E-state index contributed by atoms with van der Waals surface area (Å²) < 4.78 is 28.0. The predicted octanol–water partition coefficient (Wildman–Crippen LogP) is 2.32. The van der Waals surface area contributed by atoms with Gasteiger partial charge >= 0.3 is 0 Å². The molecule has 2 aromatic carbocycles. The molecule has 0 aliphatic carbocycles. The van der Waals surface area contributed by atoms with E-state index >= 15 is 0 Å². The summed E-state index contributed by atoms with van der Waals surface area (Å²) in [6.45, 7) is 3.26. The van der Waals surface area contributed by atoms with Crippen LogP contribution in [0.15, 0.2) is 59.5 Å². The van der Waals surface area contributed by atoms with Gasteiger partial charge in [0.05, 0.1) is 10.8 Å². The third-order valence-corrected chi connectivity index (χ3v) is 7.54. The van der Waals surface area contributed by atoms with Crippen molar-refractivity contribution in [1.29, 1.82) is 0 Å². The summed E-state index contributed by atoms with van der Waals surface area (Å²) in [4.78, 5) is 29.1. The first-order chi connectivity index (χ1) is 14.8. The van der Waals surface area contributed by atoms with Crippen molar-refractivity contribution >= 4 is 27.5 Å². The number of nitrogens with zero attached hydrogens (tertiary/aromatic N) is 2. The molecule has 2 amide bonds. The molecule has 1 N–H and O–H groups in total. The summed E-state index contributed by atoms with van der Waals surface area (Å²) in [6, 6.07) is 15.9. The summed E-state index contributed by atoms with van der Waals surface area (Å²) in [7, 11) is -3.58. The molecule has 31 heavy (non-hydrogen) atoms. The quantitative estimate of drug-likeness (QED) is 0.772. The molecule has 8 heteroatoms. The van der Waals surface area contributed by atoms with Gasteiger partial charge in [0.2, 0.25) is 21.8 Å². The van der Waals surface area contributed by atoms with Crippen molar-refractivity contribution in [1.82, 2.24) is 9.62 Å². The molecular formula is C23H27N3O4S. The lowest BCUT2D eigenvalue weighted by molar-refractivity contribution is -0.136. The van der Waals surface area contributed by atoms with Crippen LogP contribution in [0.1, 0.15) is 24.8 Å². The lowest BCUT2D eigenvalue weighted by atomic mass is 10.0. The highest BCUT2D eigenvalue weighted by Gasteiger charge is 2.38. The number of benzene rings is 2. The van der Waals surface area contributed by atoms with Crippen LogP contribution in [0.5, 0.6) is 0 Å². The number of carbonyl (C=O) groups is 2. The minimum absolute atomic E-state index is 0.0216. The van der Waals surface area contributed by atoms with Crippen molar-refractivity contribution in [3.63, 3.8) is 0 Å². The Balaban J connectivity index is 1.32. The van der Waals surface area contributed by atoms with Gasteiger partial charge < -0.3 is 9.80 Å². The lowest BCUT2D eigenvalue weighted by Gasteiger charge is -2.33. The van der Waals surface area contributed by atoms with Crippen LogP contribution in [0, 0.1) is 12.8 Å². The number of sulfonamides is 1. The maximum absolute atomic E-state index is 13.0. The largest absolute Gasteiger partial charge is 0.342 e. The first kappa shape index (κ1) is 21.5. The molecule has 2 fully saturated rings. The topological polar surface area (TPSA) is 86.8 Å². The standard InChI is InChI=1S/C23H27N3O4S/c1-17-7-9-21(10-8-17)31(29,30)24-19-11-13-25(14-12-19)23(28)18-15-22(27)26(16-18)20-5-3-2-4-6-20/h2-10,18-19,24H,11-16H2,1H3. The third kappa shape index (κ3) is 4.80. The molecule has 0 aromatic heterocycles. The molecule has 4 rings (SSSR count). The molecule has 0 bridgehead atoms. The first-order valence-electron chi connectivity index (χ1n) is 10.6. The zero-order valence-corrected chi connectivity index (χ0v) is 18.3. The molecule has 0 radical (unpaired) electrons. The fourth-order valence-electron chi connectivity index (χ4n) is 4.21. The number of aryl methyl sites for hydroxylation is 1. The fourth-order valence-corrected chi connectivity index (χ4v) is 5.52. The van der Waals surface area contributed by atoms with E-state index in [9.17, 15) is 18.0 Å². The van der Waals surface area contributed by atoms with Crippen molar-refractivity contribution in [2.24, 2.45) is 5.92 Å². The molecule has 7 nitrogen and oxygen atoms in total. The molecule has 2 aromatic rings. The first-order valence-corrected chi connectivity index (χ1v) is 12.0. The van der Waals surface area contributed by atoms with E-state index in [1.54, 1.807) is 34.1 Å². The van der Waals surface area contributed by atoms with Gasteiger partial charge in [0.15, 0.2) is 0 Å². The van der Waals surface area contributed by atoms with Gasteiger partial charge in [-0.05, 0) is 44.0 Å². The number of likely N-dealkylation sites (tertiary alicyclic amines) is 1. The predicted molar refractivity (Wildman–Crippen MR) is 118 cm³/mol. The van der Waals surface area contributed by atoms with Gasteiger partial charge in [-0.2, -0.15) is 0 Å². The maximum Gasteiger partial charge on any atom is 0.240 e. The van der Waals surface area contributed by atoms with E-state index in [1.807, 2.05) is 37.3 Å². The van der Waals surface area contributed by atoms with Gasteiger partial charge in [-0.1, -0.05) is 35.9 Å². The van der Waals surface area contributed by atoms with E-state index in [2.05, 4.69) is 4.72 Å². The van der Waals surface area contributed by atoms with Crippen LogP contribution in [-0.2, 0) is 19.6 Å². The SMILES string of the molecule is Cc1ccc(S(=O)(=O)NC2CCN(C(=O)C3CC(=O)N(c4ccccc4)C3)CC2)cc1. The van der Waals surface area contributed by atoms with Crippen LogP contribution >= 0.6 is 0 Å². The summed E-state index contributed by atoms with van der Waals surface area (Å²) in [5, 5.41) is 0. The smallest absolute Gasteiger partial charge is 0.240 e. The molecule has 0 spiro atoms. The number of amides is 2. The summed E-state index contributed by atoms with van der Waals surface area (Å²) >= 11 is 0. The number of carbonyl (C=O) groups excluding carboxylic acids is 2. The Kier molecular flexibility index (Phi) is 6.11. The van der Waals surface area contributed by atoms with E-state index in [4.69, 9.17) is 0 Å². The Labute approximate surface area is 183 Å². The third-order valence-electron chi connectivity index (χ3n) is 6.00. The Morgan fingerprint density at radius 2 is 1.65 bits per heavy atom. The van der Waals surface area contributed by atoms with Crippen molar-refractivity contribution in [2.45, 2.75) is 37.1 Å². The number of rotatable bonds is 5. The van der Waals surface area contributed by atoms with E-state index in [0.29, 0.717) is 32.5 Å². The zero-order valence-electron chi connectivity index (χ0n) is 17.5. The number of para-hydroxylation sites is 1. The number of piperidine rings is 1. The van der Waals surface area contributed by atoms with Gasteiger partial charge in [0, 0.05) is 37.8 Å². The Bertz CT molecular complexity index is 1050. The van der Waals surface area contributed by atoms with Crippen LogP contribution in [-0.4, -0.2) is 50.8 Å². The number of anilines is 1. The molecule has 2 aliphatic rings. The molecular weight excluding hydrogens is 414 g/mol. The second kappa shape index (κ2) is 8.80. The van der Waals surface area contributed by atoms with Crippen molar-refractivity contribution in [2.75, 3.05) is 24.5 Å². The molecule has 2 heterocycles. The summed E-state index contributed by atoms with van der Waals surface area (Å²) in [5.41, 5.74) is 1.81. The minimum Gasteiger partial charge on any atom is -0.342 e. The van der Waals surface area contributed by atoms with Gasteiger partial charge in [0.25, 0.3) is 0 Å². The molecule has 0 saturated carbocycles. The van der Waals surface area contributed by atoms with Gasteiger partial charge in [0.1, 0.15) is 0 Å². The number of hydrogen-bond acceptors (Lipinski definition) is 4. The maximum atomic E-state index is 13.0. The molecule has 2 aliphatic heterocycles. The second-order valence-electron chi connectivity index (χ2n) is 8.27. The Hall–Kier alpha value is -2.71. The van der Waals surface area contributed by atoms with Crippen LogP contribution in [0.2, 0.25) is 0 Å².